The van der Waals surface area contributed by atoms with Crippen molar-refractivity contribution in [3.63, 3.8) is 0 Å². The number of nitrogens with one attached hydrogen (secondary N) is 1. The van der Waals surface area contributed by atoms with Gasteiger partial charge in [-0.25, -0.2) is 4.39 Å². The maximum Gasteiger partial charge on any atom is 0.228 e. The van der Waals surface area contributed by atoms with Crippen LogP contribution in [0.15, 0.2) is 73.4 Å². The molecule has 154 valence electrons. The number of hydrogen-bond donors (Lipinski definition) is 1. The first-order chi connectivity index (χ1) is 14.7. The van der Waals surface area contributed by atoms with Crippen LogP contribution >= 0.6 is 0 Å². The van der Waals surface area contributed by atoms with Crippen molar-refractivity contribution in [3.8, 4) is 0 Å². The van der Waals surface area contributed by atoms with E-state index >= 15 is 0 Å². The molecular weight excluding hydrogens is 375 g/mol. The summed E-state index contributed by atoms with van der Waals surface area (Å²) in [6, 6.07) is 16.4. The number of anilines is 1. The summed E-state index contributed by atoms with van der Waals surface area (Å²) in [5.74, 6) is 0.408. The van der Waals surface area contributed by atoms with Crippen LogP contribution in [0, 0.1) is 17.7 Å². The molecule has 0 saturated heterocycles. The third kappa shape index (κ3) is 4.43. The number of nitrogens with zero attached hydrogens (tertiary/aromatic N) is 1. The molecule has 0 aliphatic heterocycles. The fraction of sp³-hybridized carbons (Fsp3) is 0.308. The third-order valence-corrected chi connectivity index (χ3v) is 6.33. The molecule has 1 N–H and O–H groups in total. The molecule has 3 nitrogen and oxygen atoms in total. The van der Waals surface area contributed by atoms with Crippen molar-refractivity contribution < 1.29 is 9.18 Å². The Kier molecular flexibility index (Phi) is 6.22. The molecule has 1 saturated carbocycles. The summed E-state index contributed by atoms with van der Waals surface area (Å²) >= 11 is 0. The lowest BCUT2D eigenvalue weighted by molar-refractivity contribution is -0.121. The van der Waals surface area contributed by atoms with Crippen LogP contribution in [0.3, 0.4) is 0 Å². The highest BCUT2D eigenvalue weighted by Gasteiger charge is 2.32. The van der Waals surface area contributed by atoms with Crippen molar-refractivity contribution in [2.45, 2.75) is 38.0 Å². The van der Waals surface area contributed by atoms with Crippen LogP contribution in [0.1, 0.15) is 43.6 Å². The number of para-hydroxylation sites is 1. The van der Waals surface area contributed by atoms with E-state index < -0.39 is 0 Å². The van der Waals surface area contributed by atoms with E-state index in [1.54, 1.807) is 12.1 Å². The van der Waals surface area contributed by atoms with Gasteiger partial charge in [-0.1, -0.05) is 24.3 Å². The molecule has 0 unspecified atom stereocenters. The number of rotatable bonds is 6. The molecule has 2 aromatic carbocycles. The molecule has 1 aromatic heterocycles. The zero-order chi connectivity index (χ0) is 20.9. The monoisotopic (exact) mass is 402 g/mol. The zero-order valence-electron chi connectivity index (χ0n) is 17.1. The SMILES string of the molecule is C=CC[C@@H](C(=O)Nc1ccc(F)cc1)C1CCC(c2ccnc3ccccc23)CC1. The number of fused-ring (bicyclic) bond motifs is 1. The molecule has 30 heavy (non-hydrogen) atoms. The van der Waals surface area contributed by atoms with Gasteiger partial charge in [-0.3, -0.25) is 9.78 Å². The van der Waals surface area contributed by atoms with Crippen LogP contribution in [-0.4, -0.2) is 10.9 Å². The Balaban J connectivity index is 1.44. The van der Waals surface area contributed by atoms with Crippen molar-refractivity contribution in [1.29, 1.82) is 0 Å². The maximum atomic E-state index is 13.1. The Morgan fingerprint density at radius 3 is 2.57 bits per heavy atom. The number of amides is 1. The molecule has 1 heterocycles. The van der Waals surface area contributed by atoms with E-state index in [0.717, 1.165) is 31.2 Å². The van der Waals surface area contributed by atoms with E-state index in [4.69, 9.17) is 0 Å². The minimum Gasteiger partial charge on any atom is -0.326 e. The van der Waals surface area contributed by atoms with Gasteiger partial charge in [0.25, 0.3) is 0 Å². The molecule has 1 atom stereocenters. The van der Waals surface area contributed by atoms with Crippen molar-refractivity contribution >= 4 is 22.5 Å². The number of aromatic nitrogens is 1. The first kappa shape index (κ1) is 20.3. The Bertz CT molecular complexity index is 1020. The Morgan fingerprint density at radius 2 is 1.83 bits per heavy atom. The molecular formula is C26H27FN2O. The summed E-state index contributed by atoms with van der Waals surface area (Å²) in [5, 5.41) is 4.19. The molecule has 3 aromatic rings. The lowest BCUT2D eigenvalue weighted by Gasteiger charge is -2.33. The van der Waals surface area contributed by atoms with Crippen LogP contribution in [0.5, 0.6) is 0 Å². The molecule has 4 heteroatoms. The first-order valence-corrected chi connectivity index (χ1v) is 10.7. The lowest BCUT2D eigenvalue weighted by Crippen LogP contribution is -2.31. The number of carbonyl (C=O) groups is 1. The van der Waals surface area contributed by atoms with Gasteiger partial charge in [0.1, 0.15) is 5.82 Å². The van der Waals surface area contributed by atoms with Crippen LogP contribution in [0.4, 0.5) is 10.1 Å². The minimum absolute atomic E-state index is 0.000630. The van der Waals surface area contributed by atoms with Crippen molar-refractivity contribution in [2.24, 2.45) is 11.8 Å². The largest absolute Gasteiger partial charge is 0.326 e. The maximum absolute atomic E-state index is 13.1. The second-order valence-corrected chi connectivity index (χ2v) is 8.16. The second-order valence-electron chi connectivity index (χ2n) is 8.16. The summed E-state index contributed by atoms with van der Waals surface area (Å²) in [6.45, 7) is 3.86. The van der Waals surface area contributed by atoms with Gasteiger partial charge in [0.15, 0.2) is 0 Å². The lowest BCUT2D eigenvalue weighted by atomic mass is 9.72. The number of halogens is 1. The molecule has 0 bridgehead atoms. The first-order valence-electron chi connectivity index (χ1n) is 10.7. The number of allylic oxidation sites excluding steroid dienone is 1. The van der Waals surface area contributed by atoms with Gasteiger partial charge in [0.2, 0.25) is 5.91 Å². The van der Waals surface area contributed by atoms with Crippen LogP contribution in [0.25, 0.3) is 10.9 Å². The van der Waals surface area contributed by atoms with E-state index in [9.17, 15) is 9.18 Å². The predicted octanol–water partition coefficient (Wildman–Crippen LogP) is 6.48. The number of carbonyl (C=O) groups excluding carboxylic acids is 1. The van der Waals surface area contributed by atoms with Gasteiger partial charge in [-0.2, -0.15) is 0 Å². The fourth-order valence-corrected chi connectivity index (χ4v) is 4.77. The topological polar surface area (TPSA) is 42.0 Å². The van der Waals surface area contributed by atoms with Gasteiger partial charge in [-0.15, -0.1) is 6.58 Å². The van der Waals surface area contributed by atoms with E-state index in [1.807, 2.05) is 18.3 Å². The Morgan fingerprint density at radius 1 is 1.10 bits per heavy atom. The summed E-state index contributed by atoms with van der Waals surface area (Å²) in [6.07, 6.45) is 8.54. The fourth-order valence-electron chi connectivity index (χ4n) is 4.77. The van der Waals surface area contributed by atoms with Crippen molar-refractivity contribution in [2.75, 3.05) is 5.32 Å². The van der Waals surface area contributed by atoms with Gasteiger partial charge >= 0.3 is 0 Å². The smallest absolute Gasteiger partial charge is 0.228 e. The number of pyridine rings is 1. The molecule has 1 aliphatic carbocycles. The predicted molar refractivity (Wildman–Crippen MR) is 120 cm³/mol. The number of benzene rings is 2. The molecule has 1 aliphatic rings. The van der Waals surface area contributed by atoms with Gasteiger partial charge < -0.3 is 5.32 Å². The molecule has 1 fully saturated rings. The highest BCUT2D eigenvalue weighted by atomic mass is 19.1. The van der Waals surface area contributed by atoms with Crippen molar-refractivity contribution in [3.05, 3.63) is 84.8 Å². The average molecular weight is 403 g/mol. The van der Waals surface area contributed by atoms with Crippen molar-refractivity contribution in [1.82, 2.24) is 4.98 Å². The third-order valence-electron chi connectivity index (χ3n) is 6.33. The molecule has 0 radical (unpaired) electrons. The molecule has 0 spiro atoms. The minimum atomic E-state index is -0.308. The van der Waals surface area contributed by atoms with Gasteiger partial charge in [-0.05, 0) is 85.9 Å². The van der Waals surface area contributed by atoms with E-state index in [1.165, 1.54) is 23.1 Å². The number of hydrogen-bond acceptors (Lipinski definition) is 2. The van der Waals surface area contributed by atoms with Crippen LogP contribution in [-0.2, 0) is 4.79 Å². The Labute approximate surface area is 177 Å². The second kappa shape index (κ2) is 9.21. The van der Waals surface area contributed by atoms with Gasteiger partial charge in [0, 0.05) is 23.2 Å². The summed E-state index contributed by atoms with van der Waals surface area (Å²) < 4.78 is 13.1. The Hall–Kier alpha value is -3.01. The summed E-state index contributed by atoms with van der Waals surface area (Å²) in [5.41, 5.74) is 3.04. The van der Waals surface area contributed by atoms with E-state index in [2.05, 4.69) is 41.1 Å². The standard InChI is InChI=1S/C26H27FN2O/c1-2-5-23(26(30)29-21-14-12-20(27)13-15-21)19-10-8-18(9-11-19)22-16-17-28-25-7-4-3-6-24(22)25/h2-4,6-7,12-19,23H,1,5,8-11H2,(H,29,30)/t18?,19?,23-/m1/s1. The van der Waals surface area contributed by atoms with Crippen LogP contribution in [0.2, 0.25) is 0 Å². The molecule has 1 amide bonds. The van der Waals surface area contributed by atoms with E-state index in [0.29, 0.717) is 23.9 Å². The van der Waals surface area contributed by atoms with E-state index in [-0.39, 0.29) is 17.6 Å². The normalized spacial score (nSPS) is 19.9. The summed E-state index contributed by atoms with van der Waals surface area (Å²) in [4.78, 5) is 17.4. The summed E-state index contributed by atoms with van der Waals surface area (Å²) in [7, 11) is 0. The average Bonchev–Trinajstić information content (AvgIpc) is 2.79. The zero-order valence-corrected chi connectivity index (χ0v) is 17.1. The van der Waals surface area contributed by atoms with Crippen LogP contribution < -0.4 is 5.32 Å². The highest BCUT2D eigenvalue weighted by molar-refractivity contribution is 5.92. The quantitative estimate of drug-likeness (QED) is 0.480. The molecule has 4 rings (SSSR count). The highest BCUT2D eigenvalue weighted by Crippen LogP contribution is 2.41. The van der Waals surface area contributed by atoms with Gasteiger partial charge in [0.05, 0.1) is 5.52 Å².